The van der Waals surface area contributed by atoms with Crippen LogP contribution in [-0.4, -0.2) is 22.4 Å². The summed E-state index contributed by atoms with van der Waals surface area (Å²) in [5.41, 5.74) is 1.38. The zero-order valence-corrected chi connectivity index (χ0v) is 9.03. The lowest BCUT2D eigenvalue weighted by atomic mass is 9.99. The van der Waals surface area contributed by atoms with Crippen molar-refractivity contribution in [3.05, 3.63) is 18.0 Å². The molecular weight excluding hydrogens is 174 g/mol. The SMILES string of the molecule is CCNC1CCCC1c1ccnn1C. The first kappa shape index (κ1) is 9.71. The van der Waals surface area contributed by atoms with Crippen LogP contribution in [0.4, 0.5) is 0 Å². The van der Waals surface area contributed by atoms with Crippen molar-refractivity contribution in [3.63, 3.8) is 0 Å². The lowest BCUT2D eigenvalue weighted by Gasteiger charge is -2.20. The van der Waals surface area contributed by atoms with Gasteiger partial charge in [0, 0.05) is 30.9 Å². The number of likely N-dealkylation sites (N-methyl/N-ethyl adjacent to an activating group) is 1. The molecule has 78 valence electrons. The zero-order valence-electron chi connectivity index (χ0n) is 9.03. The van der Waals surface area contributed by atoms with Gasteiger partial charge < -0.3 is 5.32 Å². The molecule has 1 aromatic heterocycles. The van der Waals surface area contributed by atoms with Gasteiger partial charge in [0.15, 0.2) is 0 Å². The van der Waals surface area contributed by atoms with Crippen molar-refractivity contribution in [1.82, 2.24) is 15.1 Å². The van der Waals surface area contributed by atoms with E-state index in [2.05, 4.69) is 23.4 Å². The van der Waals surface area contributed by atoms with Crippen LogP contribution < -0.4 is 5.32 Å². The van der Waals surface area contributed by atoms with Crippen molar-refractivity contribution in [2.45, 2.75) is 38.1 Å². The Balaban J connectivity index is 2.13. The molecule has 2 rings (SSSR count). The molecule has 1 N–H and O–H groups in total. The summed E-state index contributed by atoms with van der Waals surface area (Å²) in [4.78, 5) is 0. The minimum Gasteiger partial charge on any atom is -0.314 e. The fraction of sp³-hybridized carbons (Fsp3) is 0.727. The molecule has 14 heavy (non-hydrogen) atoms. The highest BCUT2D eigenvalue weighted by atomic mass is 15.3. The van der Waals surface area contributed by atoms with Crippen LogP contribution in [0.3, 0.4) is 0 Å². The monoisotopic (exact) mass is 193 g/mol. The van der Waals surface area contributed by atoms with Gasteiger partial charge in [-0.25, -0.2) is 0 Å². The molecular formula is C11H19N3. The summed E-state index contributed by atoms with van der Waals surface area (Å²) >= 11 is 0. The van der Waals surface area contributed by atoms with Gasteiger partial charge in [0.25, 0.3) is 0 Å². The Morgan fingerprint density at radius 2 is 2.43 bits per heavy atom. The van der Waals surface area contributed by atoms with E-state index in [0.29, 0.717) is 12.0 Å². The van der Waals surface area contributed by atoms with E-state index in [1.165, 1.54) is 25.0 Å². The highest BCUT2D eigenvalue weighted by molar-refractivity contribution is 5.13. The van der Waals surface area contributed by atoms with Crippen LogP contribution in [0.5, 0.6) is 0 Å². The number of rotatable bonds is 3. The lowest BCUT2D eigenvalue weighted by molar-refractivity contribution is 0.471. The third-order valence-electron chi connectivity index (χ3n) is 3.22. The summed E-state index contributed by atoms with van der Waals surface area (Å²) in [5.74, 6) is 0.669. The fourth-order valence-electron chi connectivity index (χ4n) is 2.57. The van der Waals surface area contributed by atoms with E-state index in [1.54, 1.807) is 0 Å². The number of nitrogens with one attached hydrogen (secondary N) is 1. The van der Waals surface area contributed by atoms with E-state index in [-0.39, 0.29) is 0 Å². The van der Waals surface area contributed by atoms with Gasteiger partial charge in [-0.2, -0.15) is 5.10 Å². The number of hydrogen-bond acceptors (Lipinski definition) is 2. The van der Waals surface area contributed by atoms with Gasteiger partial charge in [-0.1, -0.05) is 13.3 Å². The smallest absolute Gasteiger partial charge is 0.0492 e. The summed E-state index contributed by atoms with van der Waals surface area (Å²) in [6.07, 6.45) is 5.85. The third-order valence-corrected chi connectivity index (χ3v) is 3.22. The van der Waals surface area contributed by atoms with Gasteiger partial charge in [0.05, 0.1) is 0 Å². The molecule has 1 fully saturated rings. The topological polar surface area (TPSA) is 29.9 Å². The molecule has 0 aliphatic heterocycles. The van der Waals surface area contributed by atoms with E-state index in [9.17, 15) is 0 Å². The molecule has 1 aliphatic rings. The molecule has 0 aromatic carbocycles. The van der Waals surface area contributed by atoms with E-state index in [0.717, 1.165) is 6.54 Å². The third kappa shape index (κ3) is 1.69. The summed E-state index contributed by atoms with van der Waals surface area (Å²) in [5, 5.41) is 7.81. The van der Waals surface area contributed by atoms with Gasteiger partial charge in [-0.3, -0.25) is 4.68 Å². The summed E-state index contributed by atoms with van der Waals surface area (Å²) in [6, 6.07) is 2.82. The number of aromatic nitrogens is 2. The Morgan fingerprint density at radius 3 is 3.07 bits per heavy atom. The van der Waals surface area contributed by atoms with Gasteiger partial charge in [-0.05, 0) is 25.5 Å². The number of hydrogen-bond donors (Lipinski definition) is 1. The van der Waals surface area contributed by atoms with Crippen molar-refractivity contribution in [1.29, 1.82) is 0 Å². The van der Waals surface area contributed by atoms with E-state index in [4.69, 9.17) is 0 Å². The molecule has 0 spiro atoms. The summed E-state index contributed by atoms with van der Waals surface area (Å²) in [7, 11) is 2.04. The van der Waals surface area contributed by atoms with E-state index >= 15 is 0 Å². The molecule has 0 radical (unpaired) electrons. The van der Waals surface area contributed by atoms with Crippen LogP contribution in [0.1, 0.15) is 37.8 Å². The Bertz CT molecular complexity index is 292. The van der Waals surface area contributed by atoms with Gasteiger partial charge in [-0.15, -0.1) is 0 Å². The van der Waals surface area contributed by atoms with Crippen LogP contribution in [-0.2, 0) is 7.05 Å². The molecule has 3 nitrogen and oxygen atoms in total. The molecule has 1 aromatic rings. The summed E-state index contributed by atoms with van der Waals surface area (Å²) in [6.45, 7) is 3.25. The van der Waals surface area contributed by atoms with Crippen LogP contribution in [0.25, 0.3) is 0 Å². The number of nitrogens with zero attached hydrogens (tertiary/aromatic N) is 2. The van der Waals surface area contributed by atoms with Gasteiger partial charge in [0.1, 0.15) is 0 Å². The molecule has 1 saturated carbocycles. The minimum absolute atomic E-state index is 0.662. The average molecular weight is 193 g/mol. The first-order valence-electron chi connectivity index (χ1n) is 5.54. The van der Waals surface area contributed by atoms with Crippen molar-refractivity contribution in [2.24, 2.45) is 7.05 Å². The van der Waals surface area contributed by atoms with Gasteiger partial charge in [0.2, 0.25) is 0 Å². The second-order valence-corrected chi connectivity index (χ2v) is 4.08. The zero-order chi connectivity index (χ0) is 9.97. The molecule has 2 atom stereocenters. The van der Waals surface area contributed by atoms with Crippen molar-refractivity contribution >= 4 is 0 Å². The minimum atomic E-state index is 0.662. The van der Waals surface area contributed by atoms with Crippen molar-refractivity contribution < 1.29 is 0 Å². The predicted octanol–water partition coefficient (Wildman–Crippen LogP) is 1.67. The standard InChI is InChI=1S/C11H19N3/c1-3-12-10-6-4-5-9(10)11-7-8-13-14(11)2/h7-10,12H,3-6H2,1-2H3. The van der Waals surface area contributed by atoms with E-state index < -0.39 is 0 Å². The Hall–Kier alpha value is -0.830. The van der Waals surface area contributed by atoms with E-state index in [1.807, 2.05) is 17.9 Å². The fourth-order valence-corrected chi connectivity index (χ4v) is 2.57. The first-order chi connectivity index (χ1) is 6.83. The second kappa shape index (κ2) is 4.13. The van der Waals surface area contributed by atoms with Gasteiger partial charge >= 0.3 is 0 Å². The Morgan fingerprint density at radius 1 is 1.57 bits per heavy atom. The van der Waals surface area contributed by atoms with Crippen LogP contribution >= 0.6 is 0 Å². The Kier molecular flexibility index (Phi) is 2.87. The molecule has 0 bridgehead atoms. The predicted molar refractivity (Wildman–Crippen MR) is 57.3 cm³/mol. The van der Waals surface area contributed by atoms with Crippen LogP contribution in [0.2, 0.25) is 0 Å². The van der Waals surface area contributed by atoms with Crippen LogP contribution in [0, 0.1) is 0 Å². The maximum absolute atomic E-state index is 4.24. The molecule has 0 saturated heterocycles. The van der Waals surface area contributed by atoms with Crippen LogP contribution in [0.15, 0.2) is 12.3 Å². The number of aryl methyl sites for hydroxylation is 1. The maximum atomic E-state index is 4.24. The second-order valence-electron chi connectivity index (χ2n) is 4.08. The normalized spacial score (nSPS) is 27.0. The molecule has 3 heteroatoms. The molecule has 1 heterocycles. The average Bonchev–Trinajstić information content (AvgIpc) is 2.74. The highest BCUT2D eigenvalue weighted by Crippen LogP contribution is 2.33. The Labute approximate surface area is 85.5 Å². The highest BCUT2D eigenvalue weighted by Gasteiger charge is 2.29. The lowest BCUT2D eigenvalue weighted by Crippen LogP contribution is -2.31. The summed E-state index contributed by atoms with van der Waals surface area (Å²) < 4.78 is 2.01. The largest absolute Gasteiger partial charge is 0.314 e. The molecule has 0 amide bonds. The molecule has 2 unspecified atom stereocenters. The first-order valence-corrected chi connectivity index (χ1v) is 5.54. The quantitative estimate of drug-likeness (QED) is 0.791. The van der Waals surface area contributed by atoms with Crippen molar-refractivity contribution in [2.75, 3.05) is 6.54 Å². The van der Waals surface area contributed by atoms with Crippen molar-refractivity contribution in [3.8, 4) is 0 Å². The molecule has 1 aliphatic carbocycles. The maximum Gasteiger partial charge on any atom is 0.0492 e.